The first-order chi connectivity index (χ1) is 11.6. The first-order valence-corrected chi connectivity index (χ1v) is 9.65. The smallest absolute Gasteiger partial charge is 0.328 e. The Labute approximate surface area is 153 Å². The molecule has 0 radical (unpaired) electrons. The topological polar surface area (TPSA) is 125 Å². The second-order valence-corrected chi connectivity index (χ2v) is 7.47. The maximum absolute atomic E-state index is 12.6. The van der Waals surface area contributed by atoms with E-state index in [-0.39, 0.29) is 18.4 Å². The van der Waals surface area contributed by atoms with Gasteiger partial charge < -0.3 is 15.2 Å². The number of ether oxygens (including phenoxy) is 1. The second kappa shape index (κ2) is 12.1. The molecule has 0 fully saturated rings. The summed E-state index contributed by atoms with van der Waals surface area (Å²) in [5.41, 5.74) is 1.35. The molecule has 0 aromatic heterocycles. The molecule has 0 aliphatic carbocycles. The summed E-state index contributed by atoms with van der Waals surface area (Å²) in [6.07, 6.45) is 0.432. The molecule has 0 spiro atoms. The van der Waals surface area contributed by atoms with Crippen molar-refractivity contribution < 1.29 is 29.4 Å². The molecule has 0 heterocycles. The van der Waals surface area contributed by atoms with Crippen molar-refractivity contribution in [1.82, 2.24) is 10.8 Å². The Morgan fingerprint density at radius 3 is 2.16 bits per heavy atom. The number of nitrogens with one attached hydrogen (secondary N) is 2. The van der Waals surface area contributed by atoms with E-state index < -0.39 is 35.8 Å². The third-order valence-corrected chi connectivity index (χ3v) is 4.03. The number of carbonyl (C=O) groups is 3. The molecule has 0 rings (SSSR count). The van der Waals surface area contributed by atoms with Crippen LogP contribution in [0.3, 0.4) is 0 Å². The zero-order valence-corrected chi connectivity index (χ0v) is 16.3. The summed E-state index contributed by atoms with van der Waals surface area (Å²) in [5.74, 6) is -2.68. The van der Waals surface area contributed by atoms with E-state index in [9.17, 15) is 19.5 Å². The lowest BCUT2D eigenvalue weighted by Gasteiger charge is -2.25. The van der Waals surface area contributed by atoms with Crippen molar-refractivity contribution in [2.45, 2.75) is 58.8 Å². The van der Waals surface area contributed by atoms with Crippen LogP contribution in [0.4, 0.5) is 0 Å². The van der Waals surface area contributed by atoms with Crippen molar-refractivity contribution in [1.29, 1.82) is 0 Å². The molecular weight excluding hydrogens is 348 g/mol. The van der Waals surface area contributed by atoms with Gasteiger partial charge in [0, 0.05) is 0 Å². The Bertz CT molecular complexity index is 444. The molecule has 8 nitrogen and oxygen atoms in total. The van der Waals surface area contributed by atoms with Crippen LogP contribution in [0.25, 0.3) is 0 Å². The maximum Gasteiger partial charge on any atom is 0.328 e. The Morgan fingerprint density at radius 1 is 1.12 bits per heavy atom. The van der Waals surface area contributed by atoms with Crippen molar-refractivity contribution in [3.63, 3.8) is 0 Å². The van der Waals surface area contributed by atoms with Crippen molar-refractivity contribution >= 4 is 29.5 Å². The molecule has 25 heavy (non-hydrogen) atoms. The highest BCUT2D eigenvalue weighted by Crippen LogP contribution is 2.17. The molecular formula is C16H30N2O6S. The van der Waals surface area contributed by atoms with Gasteiger partial charge in [-0.25, -0.2) is 10.3 Å². The molecule has 0 bridgehead atoms. The zero-order chi connectivity index (χ0) is 19.6. The van der Waals surface area contributed by atoms with E-state index in [2.05, 4.69) is 5.32 Å². The van der Waals surface area contributed by atoms with Gasteiger partial charge in [-0.05, 0) is 44.6 Å². The van der Waals surface area contributed by atoms with E-state index in [1.807, 2.05) is 20.1 Å². The first kappa shape index (κ1) is 23.7. The Hall–Kier alpha value is -1.32. The van der Waals surface area contributed by atoms with Gasteiger partial charge in [0.05, 0.1) is 12.0 Å². The lowest BCUT2D eigenvalue weighted by atomic mass is 9.90. The van der Waals surface area contributed by atoms with Gasteiger partial charge in [0.1, 0.15) is 12.1 Å². The van der Waals surface area contributed by atoms with Gasteiger partial charge in [0.2, 0.25) is 5.91 Å². The van der Waals surface area contributed by atoms with Crippen LogP contribution >= 0.6 is 11.8 Å². The number of thioether (sulfide) groups is 1. The SMILES string of the molecule is CSCC[C@H](NC(=O)[C@H](CC(C)C)[C@H](O)C(=O)NO)C(=O)OC(C)C. The number of rotatable bonds is 11. The summed E-state index contributed by atoms with van der Waals surface area (Å²) < 4.78 is 5.16. The fourth-order valence-electron chi connectivity index (χ4n) is 2.21. The van der Waals surface area contributed by atoms with E-state index in [4.69, 9.17) is 9.94 Å². The van der Waals surface area contributed by atoms with Crippen molar-refractivity contribution in [3.8, 4) is 0 Å². The Morgan fingerprint density at radius 2 is 1.72 bits per heavy atom. The third kappa shape index (κ3) is 9.08. The molecule has 2 amide bonds. The molecule has 0 saturated carbocycles. The molecule has 4 N–H and O–H groups in total. The highest BCUT2D eigenvalue weighted by Gasteiger charge is 2.35. The van der Waals surface area contributed by atoms with Gasteiger partial charge in [0.25, 0.3) is 5.91 Å². The van der Waals surface area contributed by atoms with Crippen LogP contribution < -0.4 is 10.8 Å². The number of hydrogen-bond acceptors (Lipinski definition) is 7. The van der Waals surface area contributed by atoms with Gasteiger partial charge in [-0.1, -0.05) is 13.8 Å². The van der Waals surface area contributed by atoms with Gasteiger partial charge in [0.15, 0.2) is 0 Å². The fraction of sp³-hybridized carbons (Fsp3) is 0.812. The molecule has 0 aliphatic rings. The standard InChI is InChI=1S/C16H30N2O6S/c1-9(2)8-11(13(19)15(21)18-23)14(20)17-12(6-7-25-5)16(22)24-10(3)4/h9-13,19,23H,6-8H2,1-5H3,(H,17,20)(H,18,21)/t11-,12+,13+/m1/s1. The van der Waals surface area contributed by atoms with E-state index in [0.29, 0.717) is 12.2 Å². The lowest BCUT2D eigenvalue weighted by molar-refractivity contribution is -0.153. The summed E-state index contributed by atoms with van der Waals surface area (Å²) in [6.45, 7) is 7.09. The Balaban J connectivity index is 5.20. The van der Waals surface area contributed by atoms with Crippen LogP contribution in [0.15, 0.2) is 0 Å². The summed E-state index contributed by atoms with van der Waals surface area (Å²) in [6, 6.07) is -0.860. The van der Waals surface area contributed by atoms with Crippen LogP contribution in [0.1, 0.15) is 40.5 Å². The number of aliphatic hydroxyl groups is 1. The monoisotopic (exact) mass is 378 g/mol. The van der Waals surface area contributed by atoms with Gasteiger partial charge in [-0.3, -0.25) is 14.8 Å². The summed E-state index contributed by atoms with van der Waals surface area (Å²) in [4.78, 5) is 36.2. The minimum atomic E-state index is -1.71. The second-order valence-electron chi connectivity index (χ2n) is 6.49. The number of aliphatic hydroxyl groups excluding tert-OH is 1. The highest BCUT2D eigenvalue weighted by atomic mass is 32.2. The fourth-order valence-corrected chi connectivity index (χ4v) is 2.69. The average Bonchev–Trinajstić information content (AvgIpc) is 2.53. The molecule has 0 aliphatic heterocycles. The molecule has 0 aromatic carbocycles. The van der Waals surface area contributed by atoms with Gasteiger partial charge in [-0.15, -0.1) is 0 Å². The first-order valence-electron chi connectivity index (χ1n) is 8.25. The normalized spacial score (nSPS) is 14.8. The molecule has 0 aromatic rings. The highest BCUT2D eigenvalue weighted by molar-refractivity contribution is 7.98. The molecule has 0 unspecified atom stereocenters. The number of hydroxylamine groups is 1. The molecule has 0 saturated heterocycles. The van der Waals surface area contributed by atoms with Crippen LogP contribution in [0.2, 0.25) is 0 Å². The Kier molecular flexibility index (Phi) is 11.5. The number of esters is 1. The molecule has 146 valence electrons. The number of amides is 2. The van der Waals surface area contributed by atoms with Crippen LogP contribution in [0.5, 0.6) is 0 Å². The summed E-state index contributed by atoms with van der Waals surface area (Å²) in [5, 5.41) is 21.3. The van der Waals surface area contributed by atoms with Gasteiger partial charge >= 0.3 is 5.97 Å². The van der Waals surface area contributed by atoms with Crippen molar-refractivity contribution in [3.05, 3.63) is 0 Å². The zero-order valence-electron chi connectivity index (χ0n) is 15.4. The molecule has 9 heteroatoms. The minimum absolute atomic E-state index is 0.0177. The quantitative estimate of drug-likeness (QED) is 0.237. The number of carbonyl (C=O) groups excluding carboxylic acids is 3. The average molecular weight is 378 g/mol. The van der Waals surface area contributed by atoms with Crippen molar-refractivity contribution in [2.24, 2.45) is 11.8 Å². The lowest BCUT2D eigenvalue weighted by Crippen LogP contribution is -2.50. The number of hydrogen-bond donors (Lipinski definition) is 4. The van der Waals surface area contributed by atoms with Crippen LogP contribution in [-0.4, -0.2) is 58.4 Å². The predicted molar refractivity (Wildman–Crippen MR) is 95.0 cm³/mol. The van der Waals surface area contributed by atoms with Crippen LogP contribution in [-0.2, 0) is 19.1 Å². The largest absolute Gasteiger partial charge is 0.461 e. The predicted octanol–water partition coefficient (Wildman–Crippen LogP) is 0.705. The van der Waals surface area contributed by atoms with Gasteiger partial charge in [-0.2, -0.15) is 11.8 Å². The minimum Gasteiger partial charge on any atom is -0.461 e. The third-order valence-electron chi connectivity index (χ3n) is 3.39. The molecule has 3 atom stereocenters. The van der Waals surface area contributed by atoms with E-state index in [0.717, 1.165) is 0 Å². The summed E-state index contributed by atoms with van der Waals surface area (Å²) in [7, 11) is 0. The van der Waals surface area contributed by atoms with E-state index >= 15 is 0 Å². The van der Waals surface area contributed by atoms with E-state index in [1.165, 1.54) is 17.2 Å². The van der Waals surface area contributed by atoms with E-state index in [1.54, 1.807) is 13.8 Å². The van der Waals surface area contributed by atoms with Crippen LogP contribution in [0, 0.1) is 11.8 Å². The maximum atomic E-state index is 12.6. The summed E-state index contributed by atoms with van der Waals surface area (Å²) >= 11 is 1.52. The van der Waals surface area contributed by atoms with Crippen molar-refractivity contribution in [2.75, 3.05) is 12.0 Å².